The lowest BCUT2D eigenvalue weighted by atomic mass is 10.2. The van der Waals surface area contributed by atoms with Gasteiger partial charge < -0.3 is 4.74 Å². The maximum atomic E-state index is 5.24. The Hall–Kier alpha value is -0.0800. The van der Waals surface area contributed by atoms with Gasteiger partial charge in [0.1, 0.15) is 6.23 Å². The fraction of sp³-hybridized carbons (Fsp3) is 1.00. The summed E-state index contributed by atoms with van der Waals surface area (Å²) in [5.41, 5.74) is 0. The molecule has 1 saturated heterocycles. The highest BCUT2D eigenvalue weighted by molar-refractivity contribution is 4.65. The number of ether oxygens (including phenoxy) is 1. The second kappa shape index (κ2) is 2.46. The van der Waals surface area contributed by atoms with E-state index in [4.69, 9.17) is 4.74 Å². The summed E-state index contributed by atoms with van der Waals surface area (Å²) in [5, 5.41) is 3.26. The monoisotopic (exact) mass is 115 g/mol. The van der Waals surface area contributed by atoms with Crippen molar-refractivity contribution in [2.45, 2.75) is 32.5 Å². The molecular weight excluding hydrogens is 102 g/mol. The highest BCUT2D eigenvalue weighted by Crippen LogP contribution is 2.01. The molecule has 1 aliphatic rings. The van der Waals surface area contributed by atoms with Crippen LogP contribution >= 0.6 is 0 Å². The zero-order chi connectivity index (χ0) is 5.98. The van der Waals surface area contributed by atoms with Crippen molar-refractivity contribution in [3.05, 3.63) is 0 Å². The first-order chi connectivity index (χ1) is 3.79. The summed E-state index contributed by atoms with van der Waals surface area (Å²) in [6.07, 6.45) is 1.41. The van der Waals surface area contributed by atoms with Crippen molar-refractivity contribution in [2.24, 2.45) is 0 Å². The van der Waals surface area contributed by atoms with Gasteiger partial charge in [-0.1, -0.05) is 0 Å². The molecule has 0 radical (unpaired) electrons. The van der Waals surface area contributed by atoms with E-state index < -0.39 is 0 Å². The van der Waals surface area contributed by atoms with Gasteiger partial charge in [0.2, 0.25) is 0 Å². The standard InChI is InChI=1S/C6H13NO/c1-5-3-4-8-6(2)7-5/h5-7H,3-4H2,1-2H3. The zero-order valence-corrected chi connectivity index (χ0v) is 5.48. The van der Waals surface area contributed by atoms with Crippen LogP contribution in [0.2, 0.25) is 0 Å². The van der Waals surface area contributed by atoms with Crippen molar-refractivity contribution >= 4 is 0 Å². The van der Waals surface area contributed by atoms with Crippen LogP contribution in [0.15, 0.2) is 0 Å². The fourth-order valence-electron chi connectivity index (χ4n) is 0.954. The maximum Gasteiger partial charge on any atom is 0.105 e. The number of hydrogen-bond acceptors (Lipinski definition) is 2. The summed E-state index contributed by atoms with van der Waals surface area (Å²) < 4.78 is 5.24. The van der Waals surface area contributed by atoms with Gasteiger partial charge in [0.05, 0.1) is 6.61 Å². The SMILES string of the molecule is CC1CCOC(C)N1. The highest BCUT2D eigenvalue weighted by Gasteiger charge is 2.12. The smallest absolute Gasteiger partial charge is 0.105 e. The van der Waals surface area contributed by atoms with Crippen molar-refractivity contribution in [2.75, 3.05) is 6.61 Å². The first kappa shape index (κ1) is 6.05. The summed E-state index contributed by atoms with van der Waals surface area (Å²) in [6.45, 7) is 5.13. The largest absolute Gasteiger partial charge is 0.364 e. The molecule has 2 nitrogen and oxygen atoms in total. The Morgan fingerprint density at radius 1 is 1.50 bits per heavy atom. The van der Waals surface area contributed by atoms with Crippen LogP contribution in [0.4, 0.5) is 0 Å². The molecule has 1 rings (SSSR count). The van der Waals surface area contributed by atoms with Crippen LogP contribution in [0.3, 0.4) is 0 Å². The molecule has 2 atom stereocenters. The fourth-order valence-corrected chi connectivity index (χ4v) is 0.954. The van der Waals surface area contributed by atoms with E-state index in [9.17, 15) is 0 Å². The Bertz CT molecular complexity index is 66.9. The van der Waals surface area contributed by atoms with E-state index in [1.807, 2.05) is 6.92 Å². The lowest BCUT2D eigenvalue weighted by Crippen LogP contribution is -2.41. The topological polar surface area (TPSA) is 21.3 Å². The predicted octanol–water partition coefficient (Wildman–Crippen LogP) is 0.731. The summed E-state index contributed by atoms with van der Waals surface area (Å²) in [7, 11) is 0. The molecule has 1 fully saturated rings. The van der Waals surface area contributed by atoms with Crippen molar-refractivity contribution in [1.29, 1.82) is 0 Å². The minimum absolute atomic E-state index is 0.263. The first-order valence-corrected chi connectivity index (χ1v) is 3.16. The van der Waals surface area contributed by atoms with E-state index in [0.29, 0.717) is 6.04 Å². The molecule has 0 aromatic heterocycles. The highest BCUT2D eigenvalue weighted by atomic mass is 16.5. The van der Waals surface area contributed by atoms with E-state index in [0.717, 1.165) is 13.0 Å². The second-order valence-corrected chi connectivity index (χ2v) is 2.37. The van der Waals surface area contributed by atoms with Gasteiger partial charge in [0, 0.05) is 6.04 Å². The summed E-state index contributed by atoms with van der Waals surface area (Å²) >= 11 is 0. The minimum atomic E-state index is 0.263. The molecule has 0 saturated carbocycles. The van der Waals surface area contributed by atoms with E-state index in [1.54, 1.807) is 0 Å². The summed E-state index contributed by atoms with van der Waals surface area (Å²) in [5.74, 6) is 0. The molecule has 48 valence electrons. The van der Waals surface area contributed by atoms with Gasteiger partial charge in [-0.2, -0.15) is 0 Å². The third-order valence-electron chi connectivity index (χ3n) is 1.44. The number of rotatable bonds is 0. The van der Waals surface area contributed by atoms with Crippen LogP contribution in [-0.4, -0.2) is 18.9 Å². The predicted molar refractivity (Wildman–Crippen MR) is 32.6 cm³/mol. The van der Waals surface area contributed by atoms with Crippen LogP contribution < -0.4 is 5.32 Å². The molecular formula is C6H13NO. The third-order valence-corrected chi connectivity index (χ3v) is 1.44. The molecule has 0 aliphatic carbocycles. The van der Waals surface area contributed by atoms with Crippen LogP contribution in [0.25, 0.3) is 0 Å². The molecule has 0 aromatic carbocycles. The lowest BCUT2D eigenvalue weighted by Gasteiger charge is -2.25. The van der Waals surface area contributed by atoms with E-state index in [-0.39, 0.29) is 6.23 Å². The third kappa shape index (κ3) is 1.46. The maximum absolute atomic E-state index is 5.24. The Balaban J connectivity index is 2.23. The normalized spacial score (nSPS) is 39.8. The average Bonchev–Trinajstić information content (AvgIpc) is 1.64. The lowest BCUT2D eigenvalue weighted by molar-refractivity contribution is -0.00283. The van der Waals surface area contributed by atoms with Crippen molar-refractivity contribution < 1.29 is 4.74 Å². The quantitative estimate of drug-likeness (QED) is 0.502. The van der Waals surface area contributed by atoms with Crippen LogP contribution in [0.5, 0.6) is 0 Å². The van der Waals surface area contributed by atoms with Gasteiger partial charge >= 0.3 is 0 Å². The van der Waals surface area contributed by atoms with Gasteiger partial charge in [-0.15, -0.1) is 0 Å². The summed E-state index contributed by atoms with van der Waals surface area (Å²) in [4.78, 5) is 0. The van der Waals surface area contributed by atoms with Crippen molar-refractivity contribution in [1.82, 2.24) is 5.32 Å². The average molecular weight is 115 g/mol. The Labute approximate surface area is 50.2 Å². The minimum Gasteiger partial charge on any atom is -0.364 e. The second-order valence-electron chi connectivity index (χ2n) is 2.37. The van der Waals surface area contributed by atoms with Gasteiger partial charge in [0.25, 0.3) is 0 Å². The first-order valence-electron chi connectivity index (χ1n) is 3.16. The number of hydrogen-bond donors (Lipinski definition) is 1. The molecule has 2 heteroatoms. The molecule has 8 heavy (non-hydrogen) atoms. The van der Waals surface area contributed by atoms with Crippen LogP contribution in [-0.2, 0) is 4.74 Å². The Kier molecular flexibility index (Phi) is 1.86. The molecule has 1 N–H and O–H groups in total. The van der Waals surface area contributed by atoms with Crippen LogP contribution in [0.1, 0.15) is 20.3 Å². The molecule has 0 aromatic rings. The van der Waals surface area contributed by atoms with Gasteiger partial charge in [-0.25, -0.2) is 0 Å². The van der Waals surface area contributed by atoms with E-state index in [1.165, 1.54) is 0 Å². The van der Waals surface area contributed by atoms with E-state index in [2.05, 4.69) is 12.2 Å². The summed E-state index contributed by atoms with van der Waals surface area (Å²) in [6, 6.07) is 0.638. The van der Waals surface area contributed by atoms with Gasteiger partial charge in [-0.05, 0) is 20.3 Å². The molecule has 2 unspecified atom stereocenters. The number of nitrogens with one attached hydrogen (secondary N) is 1. The van der Waals surface area contributed by atoms with E-state index >= 15 is 0 Å². The van der Waals surface area contributed by atoms with Crippen molar-refractivity contribution in [3.8, 4) is 0 Å². The van der Waals surface area contributed by atoms with Gasteiger partial charge in [0.15, 0.2) is 0 Å². The van der Waals surface area contributed by atoms with Crippen molar-refractivity contribution in [3.63, 3.8) is 0 Å². The van der Waals surface area contributed by atoms with Crippen LogP contribution in [0, 0.1) is 0 Å². The molecule has 0 amide bonds. The molecule has 1 heterocycles. The molecule has 0 spiro atoms. The molecule has 0 bridgehead atoms. The Morgan fingerprint density at radius 2 is 2.25 bits per heavy atom. The Morgan fingerprint density at radius 3 is 2.62 bits per heavy atom. The zero-order valence-electron chi connectivity index (χ0n) is 5.48. The molecule has 1 aliphatic heterocycles. The van der Waals surface area contributed by atoms with Gasteiger partial charge in [-0.3, -0.25) is 5.32 Å².